The Morgan fingerprint density at radius 3 is 2.38 bits per heavy atom. The van der Waals surface area contributed by atoms with Gasteiger partial charge in [-0.2, -0.15) is 18.3 Å². The van der Waals surface area contributed by atoms with E-state index < -0.39 is 11.9 Å². The maximum absolute atomic E-state index is 13.4. The molecule has 2 aromatic rings. The van der Waals surface area contributed by atoms with Crippen molar-refractivity contribution in [1.82, 2.24) is 14.7 Å². The average Bonchev–Trinajstić information content (AvgIpc) is 3.16. The third-order valence-corrected chi connectivity index (χ3v) is 7.19. The van der Waals surface area contributed by atoms with Crippen LogP contribution in [0.5, 0.6) is 5.75 Å². The van der Waals surface area contributed by atoms with Gasteiger partial charge in [-0.15, -0.1) is 0 Å². The summed E-state index contributed by atoms with van der Waals surface area (Å²) in [5, 5.41) is 3.77. The largest absolute Gasteiger partial charge is 0.496 e. The number of benzene rings is 1. The Hall–Kier alpha value is -1.25. The van der Waals surface area contributed by atoms with Crippen molar-refractivity contribution in [2.24, 2.45) is 0 Å². The lowest BCUT2D eigenvalue weighted by atomic mass is 10.1. The Balaban J connectivity index is 1.68. The molecule has 1 amide bonds. The maximum atomic E-state index is 13.4. The zero-order valence-corrected chi connectivity index (χ0v) is 22.2. The number of piperazine rings is 1. The molecule has 0 spiro atoms. The molecule has 1 aromatic carbocycles. The molecule has 1 aromatic heterocycles. The number of rotatable bonds is 7. The summed E-state index contributed by atoms with van der Waals surface area (Å²) in [4.78, 5) is 16.7. The van der Waals surface area contributed by atoms with Crippen LogP contribution < -0.4 is 9.64 Å². The fourth-order valence-corrected chi connectivity index (χ4v) is 5.34. The molecular formula is C21H25F3I2N4O2. The fourth-order valence-electron chi connectivity index (χ4n) is 3.91. The summed E-state index contributed by atoms with van der Waals surface area (Å²) in [5.74, 6) is 0.626. The van der Waals surface area contributed by atoms with Crippen LogP contribution in [0.2, 0.25) is 0 Å². The van der Waals surface area contributed by atoms with Crippen molar-refractivity contribution in [1.29, 1.82) is 0 Å². The van der Waals surface area contributed by atoms with Crippen molar-refractivity contribution in [3.8, 4) is 5.75 Å². The number of hydrogen-bond acceptors (Lipinski definition) is 4. The van der Waals surface area contributed by atoms with Crippen molar-refractivity contribution in [3.63, 3.8) is 0 Å². The summed E-state index contributed by atoms with van der Waals surface area (Å²) < 4.78 is 47.9. The normalized spacial score (nSPS) is 14.7. The molecule has 0 unspecified atom stereocenters. The Bertz CT molecular complexity index is 957. The number of methoxy groups -OCH3 is 1. The van der Waals surface area contributed by atoms with Crippen molar-refractivity contribution < 1.29 is 22.7 Å². The number of alkyl halides is 5. The zero-order chi connectivity index (χ0) is 23.5. The number of aromatic nitrogens is 2. The lowest BCUT2D eigenvalue weighted by Crippen LogP contribution is -2.49. The summed E-state index contributed by atoms with van der Waals surface area (Å²) in [5.41, 5.74) is 1.92. The molecule has 2 heterocycles. The van der Waals surface area contributed by atoms with Gasteiger partial charge in [-0.05, 0) is 12.5 Å². The fraction of sp³-hybridized carbons (Fsp3) is 0.524. The van der Waals surface area contributed by atoms with Gasteiger partial charge >= 0.3 is 6.18 Å². The molecule has 0 N–H and O–H groups in total. The van der Waals surface area contributed by atoms with E-state index in [4.69, 9.17) is 4.74 Å². The van der Waals surface area contributed by atoms with E-state index in [9.17, 15) is 18.0 Å². The topological polar surface area (TPSA) is 50.6 Å². The molecule has 0 radical (unpaired) electrons. The van der Waals surface area contributed by atoms with Gasteiger partial charge in [0, 0.05) is 63.6 Å². The smallest absolute Gasteiger partial charge is 0.435 e. The van der Waals surface area contributed by atoms with Crippen LogP contribution in [0, 0.1) is 0 Å². The number of carbonyl (C=O) groups is 1. The van der Waals surface area contributed by atoms with Crippen molar-refractivity contribution in [2.45, 2.75) is 34.9 Å². The lowest BCUT2D eigenvalue weighted by molar-refractivity contribution is -0.142. The molecule has 1 aliphatic rings. The molecular weight excluding hydrogens is 651 g/mol. The van der Waals surface area contributed by atoms with Gasteiger partial charge in [0.05, 0.1) is 7.11 Å². The van der Waals surface area contributed by atoms with Crippen LogP contribution in [-0.2, 0) is 32.8 Å². The number of anilines is 1. The second kappa shape index (κ2) is 10.8. The average molecular weight is 676 g/mol. The highest BCUT2D eigenvalue weighted by atomic mass is 127. The van der Waals surface area contributed by atoms with E-state index in [0.29, 0.717) is 38.3 Å². The molecule has 0 atom stereocenters. The molecule has 3 rings (SSSR count). The van der Waals surface area contributed by atoms with Gasteiger partial charge in [0.15, 0.2) is 5.69 Å². The Kier molecular flexibility index (Phi) is 8.55. The predicted molar refractivity (Wildman–Crippen MR) is 134 cm³/mol. The van der Waals surface area contributed by atoms with Crippen LogP contribution in [0.3, 0.4) is 0 Å². The van der Waals surface area contributed by atoms with Gasteiger partial charge in [0.2, 0.25) is 5.91 Å². The van der Waals surface area contributed by atoms with Crippen LogP contribution >= 0.6 is 45.2 Å². The van der Waals surface area contributed by atoms with E-state index in [2.05, 4.69) is 38.7 Å². The van der Waals surface area contributed by atoms with E-state index in [1.165, 1.54) is 4.68 Å². The van der Waals surface area contributed by atoms with Crippen LogP contribution in [-0.4, -0.2) is 53.9 Å². The van der Waals surface area contributed by atoms with Crippen molar-refractivity contribution >= 4 is 56.8 Å². The second-order valence-electron chi connectivity index (χ2n) is 7.41. The number of carbonyl (C=O) groups excluding carboxylic acids is 1. The minimum Gasteiger partial charge on any atom is -0.496 e. The Labute approximate surface area is 212 Å². The lowest BCUT2D eigenvalue weighted by Gasteiger charge is -2.36. The SMILES string of the molecule is CCc1c(CI)c(C(F)(F)F)nn1CC(=O)N1CCN(c2ccc(CI)c(OC)c2)CC1. The maximum Gasteiger partial charge on any atom is 0.435 e. The van der Waals surface area contributed by atoms with Crippen LogP contribution in [0.4, 0.5) is 18.9 Å². The molecule has 0 aliphatic carbocycles. The van der Waals surface area contributed by atoms with Gasteiger partial charge in [-0.1, -0.05) is 58.2 Å². The summed E-state index contributed by atoms with van der Waals surface area (Å²) in [7, 11) is 1.65. The van der Waals surface area contributed by atoms with Crippen molar-refractivity contribution in [2.75, 3.05) is 38.2 Å². The molecule has 0 bridgehead atoms. The second-order valence-corrected chi connectivity index (χ2v) is 8.94. The predicted octanol–water partition coefficient (Wildman–Crippen LogP) is 4.69. The number of halogens is 5. The highest BCUT2D eigenvalue weighted by Crippen LogP contribution is 2.34. The minimum atomic E-state index is -4.53. The standard InChI is InChI=1S/C21H25F3I2N4O2/c1-3-17-16(12-26)20(21(22,23)24)27-30(17)13-19(31)29-8-6-28(7-9-29)15-5-4-14(11-25)18(10-15)32-2/h4-5,10H,3,6-9,11-13H2,1-2H3. The molecule has 6 nitrogen and oxygen atoms in total. The molecule has 176 valence electrons. The third-order valence-electron chi connectivity index (χ3n) is 5.60. The van der Waals surface area contributed by atoms with Gasteiger partial charge < -0.3 is 14.5 Å². The van der Waals surface area contributed by atoms with Crippen molar-refractivity contribution in [3.05, 3.63) is 40.7 Å². The van der Waals surface area contributed by atoms with E-state index in [1.807, 2.05) is 34.7 Å². The quantitative estimate of drug-likeness (QED) is 0.316. The van der Waals surface area contributed by atoms with E-state index in [1.54, 1.807) is 18.9 Å². The van der Waals surface area contributed by atoms with Gasteiger partial charge in [0.1, 0.15) is 12.3 Å². The first-order valence-electron chi connectivity index (χ1n) is 10.2. The molecule has 11 heteroatoms. The van der Waals surface area contributed by atoms with Crippen LogP contribution in [0.1, 0.15) is 29.4 Å². The first kappa shape index (κ1) is 25.4. The number of hydrogen-bond donors (Lipinski definition) is 0. The van der Waals surface area contributed by atoms with E-state index in [-0.39, 0.29) is 22.4 Å². The zero-order valence-electron chi connectivity index (χ0n) is 17.9. The monoisotopic (exact) mass is 676 g/mol. The molecule has 1 saturated heterocycles. The van der Waals surface area contributed by atoms with E-state index >= 15 is 0 Å². The first-order chi connectivity index (χ1) is 15.2. The summed E-state index contributed by atoms with van der Waals surface area (Å²) in [6.45, 7) is 3.90. The van der Waals surface area contributed by atoms with Gasteiger partial charge in [0.25, 0.3) is 0 Å². The highest BCUT2D eigenvalue weighted by molar-refractivity contribution is 14.1. The minimum absolute atomic E-state index is 0.169. The third kappa shape index (κ3) is 5.45. The van der Waals surface area contributed by atoms with Crippen LogP contribution in [0.15, 0.2) is 18.2 Å². The molecule has 32 heavy (non-hydrogen) atoms. The van der Waals surface area contributed by atoms with Gasteiger partial charge in [-0.25, -0.2) is 0 Å². The Morgan fingerprint density at radius 2 is 1.84 bits per heavy atom. The summed E-state index contributed by atoms with van der Waals surface area (Å²) in [6, 6.07) is 6.10. The number of amides is 1. The Morgan fingerprint density at radius 1 is 1.16 bits per heavy atom. The van der Waals surface area contributed by atoms with Gasteiger partial charge in [-0.3, -0.25) is 9.48 Å². The van der Waals surface area contributed by atoms with E-state index in [0.717, 1.165) is 21.4 Å². The number of nitrogens with zero attached hydrogens (tertiary/aromatic N) is 4. The molecule has 1 aliphatic heterocycles. The highest BCUT2D eigenvalue weighted by Gasteiger charge is 2.38. The first-order valence-corrected chi connectivity index (χ1v) is 13.3. The molecule has 1 fully saturated rings. The van der Waals surface area contributed by atoms with Crippen LogP contribution in [0.25, 0.3) is 0 Å². The number of ether oxygens (including phenoxy) is 1. The molecule has 0 saturated carbocycles. The summed E-state index contributed by atoms with van der Waals surface area (Å²) in [6.07, 6.45) is -4.14. The summed E-state index contributed by atoms with van der Waals surface area (Å²) >= 11 is 4.21.